The zero-order valence-corrected chi connectivity index (χ0v) is 17.7. The molecule has 0 saturated heterocycles. The third kappa shape index (κ3) is 3.35. The molecule has 154 valence electrons. The summed E-state index contributed by atoms with van der Waals surface area (Å²) < 4.78 is 6.46. The lowest BCUT2D eigenvalue weighted by atomic mass is 9.81. The third-order valence-corrected chi connectivity index (χ3v) is 7.32. The number of benzene rings is 1. The molecule has 3 aliphatic rings. The predicted octanol–water partition coefficient (Wildman–Crippen LogP) is 4.34. The average molecular weight is 416 g/mol. The van der Waals surface area contributed by atoms with Gasteiger partial charge in [0, 0.05) is 28.5 Å². The Balaban J connectivity index is 1.58. The van der Waals surface area contributed by atoms with Gasteiger partial charge in [0.25, 0.3) is 0 Å². The molecule has 0 atom stereocenters. The molecule has 6 nitrogen and oxygen atoms in total. The summed E-state index contributed by atoms with van der Waals surface area (Å²) in [6.45, 7) is 5.74. The van der Waals surface area contributed by atoms with Gasteiger partial charge in [-0.05, 0) is 46.5 Å². The monoisotopic (exact) mass is 415 g/mol. The van der Waals surface area contributed by atoms with E-state index < -0.39 is 28.8 Å². The molecular weight excluding hydrogens is 390 g/mol. The van der Waals surface area contributed by atoms with Crippen LogP contribution in [-0.4, -0.2) is 50.6 Å². The zero-order chi connectivity index (χ0) is 21.0. The van der Waals surface area contributed by atoms with Crippen LogP contribution in [0.25, 0.3) is 5.76 Å². The summed E-state index contributed by atoms with van der Waals surface area (Å²) in [6, 6.07) is 7.03. The van der Waals surface area contributed by atoms with Gasteiger partial charge in [-0.15, -0.1) is 11.8 Å². The number of hydrogen-bond donors (Lipinski definition) is 1. The number of carbonyl (C=O) groups excluding carboxylic acids is 2. The number of carboxylic acid groups (broad SMARTS) is 1. The number of ketones is 2. The van der Waals surface area contributed by atoms with Crippen LogP contribution in [0.2, 0.25) is 0 Å². The van der Waals surface area contributed by atoms with E-state index in [9.17, 15) is 19.5 Å². The first-order chi connectivity index (χ1) is 13.6. The second-order valence-corrected chi connectivity index (χ2v) is 9.98. The Bertz CT molecular complexity index is 921. The number of Topliss-reactive ketones (excluding diaryl/α,β-unsaturated/α-hetero) is 2. The highest BCUT2D eigenvalue weighted by molar-refractivity contribution is 8.04. The van der Waals surface area contributed by atoms with Gasteiger partial charge in [-0.25, -0.2) is 4.79 Å². The number of rotatable bonds is 1. The Hall–Kier alpha value is -2.28. The van der Waals surface area contributed by atoms with E-state index in [1.54, 1.807) is 17.0 Å². The Kier molecular flexibility index (Phi) is 4.76. The maximum Gasteiger partial charge on any atom is 0.407 e. The number of fused-ring (bicyclic) bond motifs is 2. The van der Waals surface area contributed by atoms with Gasteiger partial charge in [0.05, 0.1) is 0 Å². The van der Waals surface area contributed by atoms with Crippen molar-refractivity contribution in [2.45, 2.75) is 63.6 Å². The van der Waals surface area contributed by atoms with Crippen molar-refractivity contribution in [2.24, 2.45) is 0 Å². The average Bonchev–Trinajstić information content (AvgIpc) is 2.67. The molecule has 1 N–H and O–H groups in total. The Labute approximate surface area is 174 Å². The summed E-state index contributed by atoms with van der Waals surface area (Å²) in [5.74, 6) is 0.155. The van der Waals surface area contributed by atoms with Crippen LogP contribution in [0.1, 0.15) is 62.4 Å². The predicted molar refractivity (Wildman–Crippen MR) is 111 cm³/mol. The number of hydrogen-bond acceptors (Lipinski definition) is 5. The second-order valence-electron chi connectivity index (χ2n) is 8.99. The van der Waals surface area contributed by atoms with Crippen molar-refractivity contribution >= 4 is 35.2 Å². The first-order valence-electron chi connectivity index (χ1n) is 9.90. The molecule has 0 aromatic heterocycles. The van der Waals surface area contributed by atoms with Crippen molar-refractivity contribution in [3.05, 3.63) is 40.3 Å². The Morgan fingerprint density at radius 3 is 2.34 bits per heavy atom. The van der Waals surface area contributed by atoms with Gasteiger partial charge < -0.3 is 14.7 Å². The molecule has 0 unspecified atom stereocenters. The fraction of sp³-hybridized carbons (Fsp3) is 0.500. The highest BCUT2D eigenvalue weighted by Crippen LogP contribution is 2.49. The molecule has 7 heteroatoms. The Morgan fingerprint density at radius 1 is 1.14 bits per heavy atom. The lowest BCUT2D eigenvalue weighted by molar-refractivity contribution is -0.111. The largest absolute Gasteiger partial charge is 0.484 e. The van der Waals surface area contributed by atoms with Gasteiger partial charge in [0.15, 0.2) is 0 Å². The Morgan fingerprint density at radius 2 is 1.76 bits per heavy atom. The fourth-order valence-electron chi connectivity index (χ4n) is 4.64. The first-order valence-corrected chi connectivity index (χ1v) is 10.9. The molecule has 1 aliphatic heterocycles. The van der Waals surface area contributed by atoms with Crippen LogP contribution in [0.4, 0.5) is 4.79 Å². The maximum atomic E-state index is 12.5. The lowest BCUT2D eigenvalue weighted by Crippen LogP contribution is -2.54. The van der Waals surface area contributed by atoms with Crippen LogP contribution in [0.3, 0.4) is 0 Å². The normalized spacial score (nSPS) is 26.7. The molecule has 1 aromatic rings. The van der Waals surface area contributed by atoms with Gasteiger partial charge in [-0.3, -0.25) is 9.59 Å². The second kappa shape index (κ2) is 6.90. The topological polar surface area (TPSA) is 83.9 Å². The minimum absolute atomic E-state index is 0.0519. The van der Waals surface area contributed by atoms with Gasteiger partial charge in [-0.2, -0.15) is 0 Å². The number of nitrogens with zero attached hydrogens (tertiary/aromatic N) is 1. The quantitative estimate of drug-likeness (QED) is 0.687. The molecule has 4 rings (SSSR count). The van der Waals surface area contributed by atoms with Crippen LogP contribution in [0.5, 0.6) is 0 Å². The van der Waals surface area contributed by atoms with Crippen LogP contribution in [-0.2, 0) is 9.53 Å². The van der Waals surface area contributed by atoms with Crippen molar-refractivity contribution in [1.82, 2.24) is 4.90 Å². The van der Waals surface area contributed by atoms with E-state index in [1.807, 2.05) is 32.9 Å². The molecule has 1 saturated carbocycles. The molecule has 1 spiro atoms. The number of thioether (sulfide) groups is 1. The summed E-state index contributed by atoms with van der Waals surface area (Å²) in [5.41, 5.74) is 0.180. The van der Waals surface area contributed by atoms with Crippen molar-refractivity contribution < 1.29 is 24.2 Å². The summed E-state index contributed by atoms with van der Waals surface area (Å²) in [7, 11) is 0. The molecule has 1 heterocycles. The van der Waals surface area contributed by atoms with E-state index in [2.05, 4.69) is 0 Å². The number of allylic oxidation sites excluding steroid dienone is 1. The number of ether oxygens (including phenoxy) is 1. The maximum absolute atomic E-state index is 12.5. The van der Waals surface area contributed by atoms with E-state index in [0.29, 0.717) is 53.2 Å². The molecule has 29 heavy (non-hydrogen) atoms. The molecule has 2 aliphatic carbocycles. The van der Waals surface area contributed by atoms with Crippen molar-refractivity contribution in [3.63, 3.8) is 0 Å². The zero-order valence-electron chi connectivity index (χ0n) is 16.9. The summed E-state index contributed by atoms with van der Waals surface area (Å²) in [4.78, 5) is 38.7. The van der Waals surface area contributed by atoms with Crippen LogP contribution < -0.4 is 0 Å². The van der Waals surface area contributed by atoms with Crippen LogP contribution >= 0.6 is 11.8 Å². The van der Waals surface area contributed by atoms with Gasteiger partial charge in [0.1, 0.15) is 16.3 Å². The molecule has 1 aromatic carbocycles. The van der Waals surface area contributed by atoms with Gasteiger partial charge in [0.2, 0.25) is 11.6 Å². The van der Waals surface area contributed by atoms with Crippen molar-refractivity contribution in [2.75, 3.05) is 5.75 Å². The summed E-state index contributed by atoms with van der Waals surface area (Å²) in [5, 5.41) is 9.69. The standard InChI is InChI=1S/C22H25NO5S/c1-21(2,3)23(20(26)27)13-8-10-22(11-9-13)12-29-19-17(25)16(24)14-6-4-5-7-15(14)18(19)28-22/h4-7,13H,8-12H2,1-3H3,(H,26,27). The van der Waals surface area contributed by atoms with E-state index in [1.165, 1.54) is 11.8 Å². The summed E-state index contributed by atoms with van der Waals surface area (Å²) >= 11 is 1.40. The minimum Gasteiger partial charge on any atom is -0.484 e. The third-order valence-electron chi connectivity index (χ3n) is 5.99. The van der Waals surface area contributed by atoms with E-state index in [4.69, 9.17) is 4.74 Å². The summed E-state index contributed by atoms with van der Waals surface area (Å²) in [6.07, 6.45) is 1.95. The highest BCUT2D eigenvalue weighted by atomic mass is 32.2. The highest BCUT2D eigenvalue weighted by Gasteiger charge is 2.48. The van der Waals surface area contributed by atoms with E-state index in [0.717, 1.165) is 0 Å². The number of carbonyl (C=O) groups is 3. The first kappa shape index (κ1) is 20.0. The van der Waals surface area contributed by atoms with Crippen molar-refractivity contribution in [1.29, 1.82) is 0 Å². The molecule has 0 radical (unpaired) electrons. The number of amides is 1. The lowest BCUT2D eigenvalue weighted by Gasteiger charge is -2.48. The SMILES string of the molecule is CC(C)(C)N(C(=O)O)C1CCC2(CC1)CSC1=C(O2)c2ccccc2C(=O)C1=O. The van der Waals surface area contributed by atoms with E-state index in [-0.39, 0.29) is 6.04 Å². The van der Waals surface area contributed by atoms with Gasteiger partial charge >= 0.3 is 6.09 Å². The molecule has 0 bridgehead atoms. The van der Waals surface area contributed by atoms with Crippen molar-refractivity contribution in [3.8, 4) is 0 Å². The molecular formula is C22H25NO5S. The van der Waals surface area contributed by atoms with Crippen LogP contribution in [0, 0.1) is 0 Å². The molecule has 1 fully saturated rings. The molecule has 1 amide bonds. The van der Waals surface area contributed by atoms with Gasteiger partial charge in [-0.1, -0.05) is 24.3 Å². The van der Waals surface area contributed by atoms with E-state index >= 15 is 0 Å². The minimum atomic E-state index is -0.896. The fourth-order valence-corrected chi connectivity index (χ4v) is 5.90. The smallest absolute Gasteiger partial charge is 0.407 e. The van der Waals surface area contributed by atoms with Crippen LogP contribution in [0.15, 0.2) is 29.2 Å².